The summed E-state index contributed by atoms with van der Waals surface area (Å²) in [6.07, 6.45) is 3.58. The highest BCUT2D eigenvalue weighted by Crippen LogP contribution is 2.22. The lowest BCUT2D eigenvalue weighted by molar-refractivity contribution is 0.306. The molecule has 0 atom stereocenters. The number of nitrogens with zero attached hydrogens (tertiary/aromatic N) is 1. The number of ether oxygens (including phenoxy) is 1. The molecule has 0 aliphatic rings. The van der Waals surface area contributed by atoms with Crippen LogP contribution >= 0.6 is 15.9 Å². The average Bonchev–Trinajstić information content (AvgIpc) is 2.73. The molecule has 3 nitrogen and oxygen atoms in total. The number of hydrogen-bond donors (Lipinski definition) is 1. The summed E-state index contributed by atoms with van der Waals surface area (Å²) in [5.41, 5.74) is 2.23. The Balaban J connectivity index is 2.02. The molecule has 0 aliphatic heterocycles. The molecule has 0 aliphatic carbocycles. The lowest BCUT2D eigenvalue weighted by Crippen LogP contribution is -1.93. The van der Waals surface area contributed by atoms with Gasteiger partial charge in [0.25, 0.3) is 0 Å². The Morgan fingerprint density at radius 1 is 1.47 bits per heavy atom. The van der Waals surface area contributed by atoms with Gasteiger partial charge in [0.2, 0.25) is 0 Å². The Labute approximate surface area is 96.6 Å². The first kappa shape index (κ1) is 10.2. The van der Waals surface area contributed by atoms with Crippen LogP contribution in [0.5, 0.6) is 5.75 Å². The molecule has 0 saturated heterocycles. The molecule has 1 N–H and O–H groups in total. The number of hydrogen-bond acceptors (Lipinski definition) is 2. The summed E-state index contributed by atoms with van der Waals surface area (Å²) >= 11 is 3.47. The Kier molecular flexibility index (Phi) is 3.06. The van der Waals surface area contributed by atoms with E-state index in [1.165, 1.54) is 5.56 Å². The van der Waals surface area contributed by atoms with Crippen molar-refractivity contribution in [3.8, 4) is 5.75 Å². The molecule has 2 aromatic rings. The van der Waals surface area contributed by atoms with Gasteiger partial charge in [-0.1, -0.05) is 22.0 Å². The Morgan fingerprint density at radius 3 is 3.00 bits per heavy atom. The maximum atomic E-state index is 5.60. The van der Waals surface area contributed by atoms with Crippen LogP contribution in [0.25, 0.3) is 0 Å². The van der Waals surface area contributed by atoms with Crippen LogP contribution in [0.4, 0.5) is 0 Å². The van der Waals surface area contributed by atoms with Crippen LogP contribution in [0.2, 0.25) is 0 Å². The van der Waals surface area contributed by atoms with Gasteiger partial charge in [-0.15, -0.1) is 0 Å². The molecule has 0 unspecified atom stereocenters. The second kappa shape index (κ2) is 4.49. The van der Waals surface area contributed by atoms with Crippen molar-refractivity contribution in [3.05, 3.63) is 46.2 Å². The van der Waals surface area contributed by atoms with E-state index in [2.05, 4.69) is 26.1 Å². The molecule has 0 spiro atoms. The van der Waals surface area contributed by atoms with Gasteiger partial charge in [0, 0.05) is 16.2 Å². The summed E-state index contributed by atoms with van der Waals surface area (Å²) in [5, 5.41) is 6.60. The fourth-order valence-electron chi connectivity index (χ4n) is 1.19. The van der Waals surface area contributed by atoms with Gasteiger partial charge < -0.3 is 4.74 Å². The van der Waals surface area contributed by atoms with Gasteiger partial charge in [-0.2, -0.15) is 5.10 Å². The second-order valence-corrected chi connectivity index (χ2v) is 4.16. The van der Waals surface area contributed by atoms with Crippen molar-refractivity contribution in [2.45, 2.75) is 13.5 Å². The van der Waals surface area contributed by atoms with Gasteiger partial charge in [-0.05, 0) is 24.6 Å². The van der Waals surface area contributed by atoms with E-state index in [1.54, 1.807) is 6.20 Å². The van der Waals surface area contributed by atoms with E-state index in [4.69, 9.17) is 4.74 Å². The predicted octanol–water partition coefficient (Wildman–Crippen LogP) is 3.06. The van der Waals surface area contributed by atoms with E-state index in [0.717, 1.165) is 15.8 Å². The van der Waals surface area contributed by atoms with E-state index in [9.17, 15) is 0 Å². The monoisotopic (exact) mass is 266 g/mol. The minimum absolute atomic E-state index is 0.534. The standard InChI is InChI=1S/C11H11BrN2O/c1-8-2-3-10(4-11(8)12)15-7-9-5-13-14-6-9/h2-6H,7H2,1H3,(H,13,14). The molecule has 15 heavy (non-hydrogen) atoms. The summed E-state index contributed by atoms with van der Waals surface area (Å²) in [5.74, 6) is 0.855. The fraction of sp³-hybridized carbons (Fsp3) is 0.182. The van der Waals surface area contributed by atoms with E-state index < -0.39 is 0 Å². The highest BCUT2D eigenvalue weighted by molar-refractivity contribution is 9.10. The summed E-state index contributed by atoms with van der Waals surface area (Å²) < 4.78 is 6.66. The van der Waals surface area contributed by atoms with Crippen LogP contribution in [-0.2, 0) is 6.61 Å². The molecule has 0 bridgehead atoms. The number of aromatic amines is 1. The molecule has 1 aromatic carbocycles. The molecule has 0 amide bonds. The van der Waals surface area contributed by atoms with Gasteiger partial charge >= 0.3 is 0 Å². The summed E-state index contributed by atoms with van der Waals surface area (Å²) in [6, 6.07) is 5.95. The topological polar surface area (TPSA) is 37.9 Å². The molecule has 0 radical (unpaired) electrons. The molecule has 0 saturated carbocycles. The smallest absolute Gasteiger partial charge is 0.120 e. The second-order valence-electron chi connectivity index (χ2n) is 3.31. The van der Waals surface area contributed by atoms with Crippen LogP contribution in [0, 0.1) is 6.92 Å². The Morgan fingerprint density at radius 2 is 2.33 bits per heavy atom. The quantitative estimate of drug-likeness (QED) is 0.928. The van der Waals surface area contributed by atoms with Gasteiger partial charge in [-0.3, -0.25) is 5.10 Å². The first-order valence-corrected chi connectivity index (χ1v) is 5.41. The SMILES string of the molecule is Cc1ccc(OCc2cn[nH]c2)cc1Br. The molecular weight excluding hydrogens is 256 g/mol. The number of nitrogens with one attached hydrogen (secondary N) is 1. The van der Waals surface area contributed by atoms with Gasteiger partial charge in [0.1, 0.15) is 12.4 Å². The van der Waals surface area contributed by atoms with Crippen LogP contribution in [-0.4, -0.2) is 10.2 Å². The molecule has 1 aromatic heterocycles. The third kappa shape index (κ3) is 2.59. The molecule has 2 rings (SSSR count). The van der Waals surface area contributed by atoms with Crippen molar-refractivity contribution in [1.29, 1.82) is 0 Å². The largest absolute Gasteiger partial charge is 0.489 e. The molecule has 0 fully saturated rings. The van der Waals surface area contributed by atoms with Crippen molar-refractivity contribution < 1.29 is 4.74 Å². The maximum absolute atomic E-state index is 5.60. The van der Waals surface area contributed by atoms with E-state index in [0.29, 0.717) is 6.61 Å². The third-order valence-corrected chi connectivity index (χ3v) is 2.96. The fourth-order valence-corrected chi connectivity index (χ4v) is 1.54. The maximum Gasteiger partial charge on any atom is 0.120 e. The van der Waals surface area contributed by atoms with Crippen LogP contribution in [0.15, 0.2) is 35.1 Å². The number of aromatic nitrogens is 2. The lowest BCUT2D eigenvalue weighted by Gasteiger charge is -2.06. The highest BCUT2D eigenvalue weighted by Gasteiger charge is 1.99. The number of benzene rings is 1. The van der Waals surface area contributed by atoms with Crippen molar-refractivity contribution in [3.63, 3.8) is 0 Å². The van der Waals surface area contributed by atoms with E-state index >= 15 is 0 Å². The van der Waals surface area contributed by atoms with E-state index in [-0.39, 0.29) is 0 Å². The van der Waals surface area contributed by atoms with Crippen LogP contribution < -0.4 is 4.74 Å². The van der Waals surface area contributed by atoms with Gasteiger partial charge in [0.15, 0.2) is 0 Å². The summed E-state index contributed by atoms with van der Waals surface area (Å²) in [4.78, 5) is 0. The van der Waals surface area contributed by atoms with Crippen molar-refractivity contribution in [2.75, 3.05) is 0 Å². The zero-order chi connectivity index (χ0) is 10.7. The lowest BCUT2D eigenvalue weighted by atomic mass is 10.2. The first-order valence-electron chi connectivity index (χ1n) is 4.62. The predicted molar refractivity (Wildman–Crippen MR) is 61.8 cm³/mol. The van der Waals surface area contributed by atoms with Gasteiger partial charge in [0.05, 0.1) is 6.20 Å². The van der Waals surface area contributed by atoms with Crippen molar-refractivity contribution in [1.82, 2.24) is 10.2 Å². The highest BCUT2D eigenvalue weighted by atomic mass is 79.9. The number of rotatable bonds is 3. The third-order valence-electron chi connectivity index (χ3n) is 2.10. The van der Waals surface area contributed by atoms with Crippen LogP contribution in [0.3, 0.4) is 0 Å². The summed E-state index contributed by atoms with van der Waals surface area (Å²) in [7, 11) is 0. The molecule has 4 heteroatoms. The number of halogens is 1. The number of aryl methyl sites for hydroxylation is 1. The molecular formula is C11H11BrN2O. The van der Waals surface area contributed by atoms with Crippen LogP contribution in [0.1, 0.15) is 11.1 Å². The Bertz CT molecular complexity index is 440. The molecule has 78 valence electrons. The zero-order valence-electron chi connectivity index (χ0n) is 8.33. The summed E-state index contributed by atoms with van der Waals surface area (Å²) in [6.45, 7) is 2.58. The average molecular weight is 267 g/mol. The Hall–Kier alpha value is -1.29. The normalized spacial score (nSPS) is 10.3. The van der Waals surface area contributed by atoms with E-state index in [1.807, 2.05) is 31.3 Å². The zero-order valence-corrected chi connectivity index (χ0v) is 9.91. The number of H-pyrrole nitrogens is 1. The minimum atomic E-state index is 0.534. The van der Waals surface area contributed by atoms with Gasteiger partial charge in [-0.25, -0.2) is 0 Å². The first-order chi connectivity index (χ1) is 7.25. The van der Waals surface area contributed by atoms with Crippen molar-refractivity contribution in [2.24, 2.45) is 0 Å². The molecule has 1 heterocycles. The van der Waals surface area contributed by atoms with Crippen molar-refractivity contribution >= 4 is 15.9 Å². The minimum Gasteiger partial charge on any atom is -0.489 e.